The molecule has 0 saturated heterocycles. The fraction of sp³-hybridized carbons (Fsp3) is 0.222. The Kier molecular flexibility index (Phi) is 3.89. The smallest absolute Gasteiger partial charge is 0.344 e. The van der Waals surface area contributed by atoms with Gasteiger partial charge in [-0.25, -0.2) is 4.79 Å². The molecule has 0 unspecified atom stereocenters. The lowest BCUT2D eigenvalue weighted by atomic mass is 10.1. The van der Waals surface area contributed by atoms with E-state index >= 15 is 0 Å². The molecule has 6 nitrogen and oxygen atoms in total. The summed E-state index contributed by atoms with van der Waals surface area (Å²) in [6, 6.07) is 6.73. The lowest BCUT2D eigenvalue weighted by Crippen LogP contribution is -2.26. The van der Waals surface area contributed by atoms with Gasteiger partial charge in [0.15, 0.2) is 11.9 Å². The number of hydrogen-bond donors (Lipinski definition) is 1. The number of carbonyl (C=O) groups is 1. The molecule has 124 valence electrons. The molecule has 2 heterocycles. The molecule has 0 amide bonds. The molecule has 0 saturated carbocycles. The van der Waals surface area contributed by atoms with E-state index in [4.69, 9.17) is 18.7 Å². The van der Waals surface area contributed by atoms with Crippen molar-refractivity contribution in [2.24, 2.45) is 0 Å². The van der Waals surface area contributed by atoms with Crippen LogP contribution in [0.25, 0.3) is 22.5 Å². The fourth-order valence-electron chi connectivity index (χ4n) is 2.34. The van der Waals surface area contributed by atoms with Crippen LogP contribution in [0.15, 0.2) is 44.2 Å². The summed E-state index contributed by atoms with van der Waals surface area (Å²) >= 11 is 0. The largest absolute Gasteiger partial charge is 0.479 e. The van der Waals surface area contributed by atoms with Gasteiger partial charge in [-0.2, -0.15) is 0 Å². The second-order valence-electron chi connectivity index (χ2n) is 5.60. The van der Waals surface area contributed by atoms with Crippen LogP contribution in [-0.4, -0.2) is 17.2 Å². The van der Waals surface area contributed by atoms with E-state index < -0.39 is 17.5 Å². The predicted molar refractivity (Wildman–Crippen MR) is 87.4 cm³/mol. The number of aliphatic carboxylic acids is 1. The zero-order valence-corrected chi connectivity index (χ0v) is 13.5. The minimum Gasteiger partial charge on any atom is -0.479 e. The van der Waals surface area contributed by atoms with E-state index in [0.29, 0.717) is 16.7 Å². The maximum absolute atomic E-state index is 12.8. The highest BCUT2D eigenvalue weighted by Crippen LogP contribution is 2.32. The molecule has 1 atom stereocenters. The Hall–Kier alpha value is -3.02. The van der Waals surface area contributed by atoms with Crippen molar-refractivity contribution in [3.8, 4) is 17.3 Å². The van der Waals surface area contributed by atoms with E-state index in [1.165, 1.54) is 13.2 Å². The van der Waals surface area contributed by atoms with Gasteiger partial charge in [0.1, 0.15) is 5.58 Å². The SMILES string of the molecule is Cc1cc2oc(-c3ccco3)c(O[C@H](C)C(=O)O)c(=O)c2cc1C. The van der Waals surface area contributed by atoms with Crippen molar-refractivity contribution < 1.29 is 23.5 Å². The minimum absolute atomic E-state index is 0.0776. The first-order valence-corrected chi connectivity index (χ1v) is 7.40. The van der Waals surface area contributed by atoms with Crippen LogP contribution in [0, 0.1) is 13.8 Å². The van der Waals surface area contributed by atoms with Gasteiger partial charge in [0.05, 0.1) is 11.6 Å². The van der Waals surface area contributed by atoms with Crippen LogP contribution < -0.4 is 10.2 Å². The van der Waals surface area contributed by atoms with E-state index in [1.54, 1.807) is 24.3 Å². The molecule has 0 aliphatic rings. The summed E-state index contributed by atoms with van der Waals surface area (Å²) in [5, 5.41) is 9.40. The van der Waals surface area contributed by atoms with Crippen molar-refractivity contribution in [3.63, 3.8) is 0 Å². The molecule has 0 spiro atoms. The molecular weight excluding hydrogens is 312 g/mol. The molecule has 0 aliphatic heterocycles. The Bertz CT molecular complexity index is 965. The number of furan rings is 1. The number of carboxylic acid groups (broad SMARTS) is 1. The third-order valence-corrected chi connectivity index (χ3v) is 3.85. The average molecular weight is 328 g/mol. The van der Waals surface area contributed by atoms with Crippen molar-refractivity contribution in [1.29, 1.82) is 0 Å². The summed E-state index contributed by atoms with van der Waals surface area (Å²) in [4.78, 5) is 23.9. The van der Waals surface area contributed by atoms with Gasteiger partial charge in [-0.15, -0.1) is 0 Å². The number of aryl methyl sites for hydroxylation is 2. The molecule has 0 bridgehead atoms. The number of carboxylic acids is 1. The highest BCUT2D eigenvalue weighted by atomic mass is 16.5. The molecular formula is C18H16O6. The standard InChI is InChI=1S/C18H16O6/c1-9-7-12-14(8-10(9)2)24-16(13-5-4-6-22-13)17(15(12)19)23-11(3)18(20)21/h4-8,11H,1-3H3,(H,20,21)/t11-/m1/s1. The molecule has 0 radical (unpaired) electrons. The van der Waals surface area contributed by atoms with Crippen molar-refractivity contribution in [1.82, 2.24) is 0 Å². The Balaban J connectivity index is 2.31. The molecule has 0 aliphatic carbocycles. The minimum atomic E-state index is -1.20. The molecule has 3 rings (SSSR count). The van der Waals surface area contributed by atoms with Crippen molar-refractivity contribution in [2.45, 2.75) is 26.9 Å². The summed E-state index contributed by atoms with van der Waals surface area (Å²) in [6.45, 7) is 5.14. The third kappa shape index (κ3) is 2.67. The van der Waals surface area contributed by atoms with Gasteiger partial charge < -0.3 is 18.7 Å². The number of benzene rings is 1. The topological polar surface area (TPSA) is 89.9 Å². The quantitative estimate of drug-likeness (QED) is 0.788. The van der Waals surface area contributed by atoms with E-state index in [1.807, 2.05) is 13.8 Å². The zero-order valence-electron chi connectivity index (χ0n) is 13.5. The molecule has 1 aromatic carbocycles. The molecule has 6 heteroatoms. The highest BCUT2D eigenvalue weighted by molar-refractivity contribution is 5.83. The second kappa shape index (κ2) is 5.88. The molecule has 1 N–H and O–H groups in total. The van der Waals surface area contributed by atoms with Gasteiger partial charge in [0.25, 0.3) is 0 Å². The van der Waals surface area contributed by atoms with E-state index in [2.05, 4.69) is 0 Å². The predicted octanol–water partition coefficient (Wildman–Crippen LogP) is 3.52. The van der Waals surface area contributed by atoms with Gasteiger partial charge in [-0.1, -0.05) is 0 Å². The summed E-state index contributed by atoms with van der Waals surface area (Å²) in [5.74, 6) is -0.982. The first-order valence-electron chi connectivity index (χ1n) is 7.40. The highest BCUT2D eigenvalue weighted by Gasteiger charge is 2.24. The van der Waals surface area contributed by atoms with Gasteiger partial charge in [-0.3, -0.25) is 4.79 Å². The fourth-order valence-corrected chi connectivity index (χ4v) is 2.34. The van der Waals surface area contributed by atoms with E-state index in [9.17, 15) is 9.59 Å². The number of hydrogen-bond acceptors (Lipinski definition) is 5. The monoisotopic (exact) mass is 328 g/mol. The van der Waals surface area contributed by atoms with Crippen molar-refractivity contribution >= 4 is 16.9 Å². The summed E-state index contributed by atoms with van der Waals surface area (Å²) in [7, 11) is 0. The second-order valence-corrected chi connectivity index (χ2v) is 5.60. The summed E-state index contributed by atoms with van der Waals surface area (Å²) < 4.78 is 16.5. The van der Waals surface area contributed by atoms with Crippen LogP contribution in [0.4, 0.5) is 0 Å². The van der Waals surface area contributed by atoms with Gasteiger partial charge in [0, 0.05) is 0 Å². The lowest BCUT2D eigenvalue weighted by Gasteiger charge is -2.13. The molecule has 24 heavy (non-hydrogen) atoms. The zero-order chi connectivity index (χ0) is 17.4. The molecule has 0 fully saturated rings. The average Bonchev–Trinajstić information content (AvgIpc) is 3.06. The summed E-state index contributed by atoms with van der Waals surface area (Å²) in [6.07, 6.45) is 0.232. The molecule has 2 aromatic heterocycles. The Morgan fingerprint density at radius 2 is 1.96 bits per heavy atom. The van der Waals surface area contributed by atoms with Gasteiger partial charge in [-0.05, 0) is 56.2 Å². The molecule has 3 aromatic rings. The van der Waals surface area contributed by atoms with E-state index in [-0.39, 0.29) is 11.5 Å². The summed E-state index contributed by atoms with van der Waals surface area (Å²) in [5.41, 5.74) is 1.87. The van der Waals surface area contributed by atoms with Crippen LogP contribution in [0.2, 0.25) is 0 Å². The maximum Gasteiger partial charge on any atom is 0.344 e. The van der Waals surface area contributed by atoms with Crippen LogP contribution in [0.1, 0.15) is 18.1 Å². The number of rotatable bonds is 4. The van der Waals surface area contributed by atoms with Crippen LogP contribution in [0.5, 0.6) is 5.75 Å². The normalized spacial score (nSPS) is 12.3. The number of fused-ring (bicyclic) bond motifs is 1. The Morgan fingerprint density at radius 1 is 1.25 bits per heavy atom. The first kappa shape index (κ1) is 15.9. The Morgan fingerprint density at radius 3 is 2.58 bits per heavy atom. The van der Waals surface area contributed by atoms with Gasteiger partial charge >= 0.3 is 5.97 Å². The third-order valence-electron chi connectivity index (χ3n) is 3.85. The van der Waals surface area contributed by atoms with Crippen LogP contribution in [-0.2, 0) is 4.79 Å². The van der Waals surface area contributed by atoms with Crippen molar-refractivity contribution in [2.75, 3.05) is 0 Å². The number of ether oxygens (including phenoxy) is 1. The van der Waals surface area contributed by atoms with Crippen LogP contribution >= 0.6 is 0 Å². The van der Waals surface area contributed by atoms with Crippen LogP contribution in [0.3, 0.4) is 0 Å². The lowest BCUT2D eigenvalue weighted by molar-refractivity contribution is -0.144. The van der Waals surface area contributed by atoms with Gasteiger partial charge in [0.2, 0.25) is 16.9 Å². The van der Waals surface area contributed by atoms with Crippen molar-refractivity contribution in [3.05, 3.63) is 51.9 Å². The Labute approximate surface area is 137 Å². The van der Waals surface area contributed by atoms with E-state index in [0.717, 1.165) is 11.1 Å². The maximum atomic E-state index is 12.8. The first-order chi connectivity index (χ1) is 11.4.